The summed E-state index contributed by atoms with van der Waals surface area (Å²) in [5, 5.41) is 8.72. The molecule has 0 aliphatic rings. The predicted molar refractivity (Wildman–Crippen MR) is 32.6 cm³/mol. The van der Waals surface area contributed by atoms with Gasteiger partial charge in [-0.25, -0.2) is 0 Å². The zero-order chi connectivity index (χ0) is 6.85. The van der Waals surface area contributed by atoms with E-state index in [1.165, 1.54) is 0 Å². The molecule has 0 spiro atoms. The fourth-order valence-electron chi connectivity index (χ4n) is 0.612. The molecule has 3 nitrogen and oxygen atoms in total. The second kappa shape index (κ2) is 2.21. The van der Waals surface area contributed by atoms with Crippen molar-refractivity contribution in [2.45, 2.75) is 13.2 Å². The number of aryl methyl sites for hydroxylation is 1. The molecule has 0 aliphatic heterocycles. The lowest BCUT2D eigenvalue weighted by atomic mass is 10.4. The molecule has 0 amide bonds. The van der Waals surface area contributed by atoms with Gasteiger partial charge >= 0.3 is 0 Å². The Kier molecular flexibility index (Phi) is 1.55. The summed E-state index contributed by atoms with van der Waals surface area (Å²) >= 11 is 0. The van der Waals surface area contributed by atoms with E-state index in [9.17, 15) is 0 Å². The Morgan fingerprint density at radius 2 is 2.33 bits per heavy atom. The van der Waals surface area contributed by atoms with Crippen LogP contribution in [0.15, 0.2) is 16.5 Å². The van der Waals surface area contributed by atoms with Gasteiger partial charge in [0.2, 0.25) is 0 Å². The molecular formula is C6H9NO2. The average Bonchev–Trinajstić information content (AvgIpc) is 2.14. The first kappa shape index (κ1) is 6.32. The van der Waals surface area contributed by atoms with Crippen LogP contribution in [0.25, 0.3) is 0 Å². The molecule has 0 radical (unpaired) electrons. The number of hydrogen-bond donors (Lipinski definition) is 2. The summed E-state index contributed by atoms with van der Waals surface area (Å²) in [5.74, 6) is 1.17. The van der Waals surface area contributed by atoms with Crippen molar-refractivity contribution in [3.05, 3.63) is 23.7 Å². The van der Waals surface area contributed by atoms with Gasteiger partial charge in [-0.05, 0) is 19.1 Å². The second-order valence-electron chi connectivity index (χ2n) is 1.89. The van der Waals surface area contributed by atoms with Crippen LogP contribution in [0.2, 0.25) is 0 Å². The molecule has 1 heterocycles. The zero-order valence-electron chi connectivity index (χ0n) is 5.16. The van der Waals surface area contributed by atoms with Gasteiger partial charge in [-0.15, -0.1) is 0 Å². The molecule has 1 aromatic heterocycles. The highest BCUT2D eigenvalue weighted by Gasteiger charge is 2.03. The molecule has 0 fully saturated rings. The van der Waals surface area contributed by atoms with Crippen LogP contribution in [0.4, 0.5) is 0 Å². The van der Waals surface area contributed by atoms with Crippen LogP contribution in [-0.4, -0.2) is 5.11 Å². The van der Waals surface area contributed by atoms with E-state index in [1.54, 1.807) is 19.1 Å². The van der Waals surface area contributed by atoms with E-state index in [4.69, 9.17) is 15.3 Å². The normalized spacial score (nSPS) is 13.7. The molecule has 0 saturated heterocycles. The summed E-state index contributed by atoms with van der Waals surface area (Å²) in [6.45, 7) is 1.80. The predicted octanol–water partition coefficient (Wildman–Crippen LogP) is 0.538. The Bertz CT molecular complexity index is 193. The zero-order valence-corrected chi connectivity index (χ0v) is 5.16. The Hall–Kier alpha value is -0.800. The number of hydrogen-bond acceptors (Lipinski definition) is 3. The van der Waals surface area contributed by atoms with Crippen molar-refractivity contribution in [1.29, 1.82) is 0 Å². The molecule has 50 valence electrons. The van der Waals surface area contributed by atoms with Gasteiger partial charge < -0.3 is 9.52 Å². The van der Waals surface area contributed by atoms with E-state index >= 15 is 0 Å². The summed E-state index contributed by atoms with van der Waals surface area (Å²) in [6.07, 6.45) is -0.987. The maximum Gasteiger partial charge on any atom is 0.161 e. The third-order valence-corrected chi connectivity index (χ3v) is 1.05. The first-order valence-electron chi connectivity index (χ1n) is 2.70. The Morgan fingerprint density at radius 1 is 1.67 bits per heavy atom. The lowest BCUT2D eigenvalue weighted by molar-refractivity contribution is 0.156. The van der Waals surface area contributed by atoms with Crippen LogP contribution >= 0.6 is 0 Å². The van der Waals surface area contributed by atoms with Crippen LogP contribution in [-0.2, 0) is 0 Å². The van der Waals surface area contributed by atoms with E-state index < -0.39 is 6.23 Å². The van der Waals surface area contributed by atoms with Gasteiger partial charge in [-0.2, -0.15) is 0 Å². The minimum Gasteiger partial charge on any atom is -0.462 e. The maximum atomic E-state index is 8.72. The summed E-state index contributed by atoms with van der Waals surface area (Å²) in [7, 11) is 0. The van der Waals surface area contributed by atoms with E-state index in [-0.39, 0.29) is 0 Å². The van der Waals surface area contributed by atoms with Crippen molar-refractivity contribution in [2.24, 2.45) is 5.73 Å². The second-order valence-corrected chi connectivity index (χ2v) is 1.89. The SMILES string of the molecule is Cc1ccc(C(N)O)o1. The van der Waals surface area contributed by atoms with Crippen molar-refractivity contribution in [3.63, 3.8) is 0 Å². The number of nitrogens with two attached hydrogens (primary N) is 1. The van der Waals surface area contributed by atoms with E-state index in [0.717, 1.165) is 5.76 Å². The van der Waals surface area contributed by atoms with Crippen molar-refractivity contribution in [3.8, 4) is 0 Å². The Labute approximate surface area is 53.1 Å². The third-order valence-electron chi connectivity index (χ3n) is 1.05. The van der Waals surface area contributed by atoms with Gasteiger partial charge in [0, 0.05) is 0 Å². The Morgan fingerprint density at radius 3 is 2.56 bits per heavy atom. The molecule has 1 unspecified atom stereocenters. The molecule has 1 aromatic rings. The quantitative estimate of drug-likeness (QED) is 0.541. The number of aliphatic hydroxyl groups is 1. The van der Waals surface area contributed by atoms with Crippen molar-refractivity contribution in [2.75, 3.05) is 0 Å². The van der Waals surface area contributed by atoms with Gasteiger partial charge in [-0.3, -0.25) is 5.73 Å². The lowest BCUT2D eigenvalue weighted by Gasteiger charge is -1.96. The fourth-order valence-corrected chi connectivity index (χ4v) is 0.612. The van der Waals surface area contributed by atoms with Crippen LogP contribution in [0.3, 0.4) is 0 Å². The molecule has 0 aromatic carbocycles. The molecule has 0 saturated carbocycles. The van der Waals surface area contributed by atoms with E-state index in [2.05, 4.69) is 0 Å². The monoisotopic (exact) mass is 127 g/mol. The van der Waals surface area contributed by atoms with E-state index in [0.29, 0.717) is 5.76 Å². The molecule has 1 rings (SSSR count). The molecule has 0 aliphatic carbocycles. The first-order valence-corrected chi connectivity index (χ1v) is 2.70. The van der Waals surface area contributed by atoms with Crippen LogP contribution in [0.1, 0.15) is 17.7 Å². The number of furan rings is 1. The van der Waals surface area contributed by atoms with Gasteiger partial charge in [0.25, 0.3) is 0 Å². The summed E-state index contributed by atoms with van der Waals surface area (Å²) in [5.41, 5.74) is 5.09. The largest absolute Gasteiger partial charge is 0.462 e. The van der Waals surface area contributed by atoms with E-state index in [1.807, 2.05) is 0 Å². The van der Waals surface area contributed by atoms with Crippen molar-refractivity contribution < 1.29 is 9.52 Å². The summed E-state index contributed by atoms with van der Waals surface area (Å²) in [4.78, 5) is 0. The highest BCUT2D eigenvalue weighted by Crippen LogP contribution is 2.10. The molecule has 0 bridgehead atoms. The molecule has 3 N–H and O–H groups in total. The van der Waals surface area contributed by atoms with Crippen LogP contribution in [0, 0.1) is 6.92 Å². The minimum absolute atomic E-state index is 0.410. The third kappa shape index (κ3) is 1.31. The number of aliphatic hydroxyl groups excluding tert-OH is 1. The Balaban J connectivity index is 2.85. The molecule has 1 atom stereocenters. The average molecular weight is 127 g/mol. The maximum absolute atomic E-state index is 8.72. The van der Waals surface area contributed by atoms with Gasteiger partial charge in [-0.1, -0.05) is 0 Å². The minimum atomic E-state index is -0.987. The van der Waals surface area contributed by atoms with Crippen molar-refractivity contribution in [1.82, 2.24) is 0 Å². The molecule has 3 heteroatoms. The fraction of sp³-hybridized carbons (Fsp3) is 0.333. The summed E-state index contributed by atoms with van der Waals surface area (Å²) < 4.78 is 4.97. The van der Waals surface area contributed by atoms with Crippen LogP contribution < -0.4 is 5.73 Å². The summed E-state index contributed by atoms with van der Waals surface area (Å²) in [6, 6.07) is 3.41. The first-order chi connectivity index (χ1) is 4.20. The molecule has 9 heavy (non-hydrogen) atoms. The van der Waals surface area contributed by atoms with Crippen LogP contribution in [0.5, 0.6) is 0 Å². The highest BCUT2D eigenvalue weighted by molar-refractivity contribution is 5.06. The lowest BCUT2D eigenvalue weighted by Crippen LogP contribution is -2.06. The molecular weight excluding hydrogens is 118 g/mol. The van der Waals surface area contributed by atoms with Crippen molar-refractivity contribution >= 4 is 0 Å². The van der Waals surface area contributed by atoms with Gasteiger partial charge in [0.05, 0.1) is 0 Å². The van der Waals surface area contributed by atoms with Gasteiger partial charge in [0.15, 0.2) is 6.23 Å². The topological polar surface area (TPSA) is 59.4 Å². The standard InChI is InChI=1S/C6H9NO2/c1-4-2-3-5(9-4)6(7)8/h2-3,6,8H,7H2,1H3. The highest BCUT2D eigenvalue weighted by atomic mass is 16.4. The van der Waals surface area contributed by atoms with Gasteiger partial charge in [0.1, 0.15) is 11.5 Å². The number of rotatable bonds is 1. The smallest absolute Gasteiger partial charge is 0.161 e.